The first-order valence-corrected chi connectivity index (χ1v) is 9.93. The van der Waals surface area contributed by atoms with Gasteiger partial charge in [0.15, 0.2) is 0 Å². The van der Waals surface area contributed by atoms with Gasteiger partial charge in [-0.15, -0.1) is 0 Å². The van der Waals surface area contributed by atoms with E-state index in [1.165, 1.54) is 0 Å². The minimum Gasteiger partial charge on any atom is -0.494 e. The molecule has 2 amide bonds. The maximum atomic E-state index is 12.1. The van der Waals surface area contributed by atoms with Crippen molar-refractivity contribution in [2.75, 3.05) is 27.2 Å². The molecule has 29 heavy (non-hydrogen) atoms. The highest BCUT2D eigenvalue weighted by Crippen LogP contribution is 2.19. The second-order valence-corrected chi connectivity index (χ2v) is 7.30. The molecular weight excluding hydrogens is 374 g/mol. The van der Waals surface area contributed by atoms with E-state index in [9.17, 15) is 9.59 Å². The quantitative estimate of drug-likeness (QED) is 0.424. The van der Waals surface area contributed by atoms with E-state index in [1.807, 2.05) is 49.3 Å². The average molecular weight is 408 g/mol. The third-order valence-corrected chi connectivity index (χ3v) is 4.42. The minimum atomic E-state index is -0.250. The monoisotopic (exact) mass is 407 g/mol. The van der Waals surface area contributed by atoms with Gasteiger partial charge in [-0.25, -0.2) is 0 Å². The third-order valence-electron chi connectivity index (χ3n) is 4.42. The summed E-state index contributed by atoms with van der Waals surface area (Å²) in [7, 11) is 3.76. The molecule has 3 N–H and O–H groups in total. The van der Waals surface area contributed by atoms with Crippen LogP contribution in [0.2, 0.25) is 0 Å². The summed E-state index contributed by atoms with van der Waals surface area (Å²) >= 11 is 0. The molecule has 1 saturated carbocycles. The lowest BCUT2D eigenvalue weighted by molar-refractivity contribution is -0.124. The zero-order chi connectivity index (χ0) is 21.5. The van der Waals surface area contributed by atoms with Crippen molar-refractivity contribution >= 4 is 18.3 Å². The van der Waals surface area contributed by atoms with Crippen LogP contribution in [-0.2, 0) is 14.4 Å². The van der Waals surface area contributed by atoms with E-state index in [1.54, 1.807) is 0 Å². The Bertz CT molecular complexity index is 610. The van der Waals surface area contributed by atoms with E-state index < -0.39 is 0 Å². The van der Waals surface area contributed by atoms with E-state index in [0.717, 1.165) is 31.4 Å². The van der Waals surface area contributed by atoms with Gasteiger partial charge in [-0.3, -0.25) is 14.4 Å². The molecule has 1 aromatic carbocycles. The molecule has 2 atom stereocenters. The van der Waals surface area contributed by atoms with Crippen molar-refractivity contribution < 1.29 is 24.2 Å². The van der Waals surface area contributed by atoms with Gasteiger partial charge in [0.25, 0.3) is 6.47 Å². The zero-order valence-corrected chi connectivity index (χ0v) is 17.3. The van der Waals surface area contributed by atoms with Crippen molar-refractivity contribution in [2.24, 2.45) is 0 Å². The Hall–Kier alpha value is -2.61. The molecule has 1 fully saturated rings. The maximum absolute atomic E-state index is 12.1. The SMILES string of the molecule is CN(C)CC(=O)N[C@@H]1CCC[C@@H](NC(=O)CCCOc2ccccc2)C1.O=CO. The molecular formula is C21H33N3O5. The van der Waals surface area contributed by atoms with Crippen LogP contribution in [0.4, 0.5) is 0 Å². The van der Waals surface area contributed by atoms with Gasteiger partial charge in [-0.1, -0.05) is 18.2 Å². The predicted octanol–water partition coefficient (Wildman–Crippen LogP) is 1.65. The molecule has 1 aliphatic rings. The highest BCUT2D eigenvalue weighted by Gasteiger charge is 2.24. The number of carbonyl (C=O) groups excluding carboxylic acids is 2. The second kappa shape index (κ2) is 14.4. The molecule has 1 aromatic rings. The fraction of sp³-hybridized carbons (Fsp3) is 0.571. The first kappa shape index (κ1) is 24.4. The Kier molecular flexibility index (Phi) is 12.1. The van der Waals surface area contributed by atoms with Crippen molar-refractivity contribution in [2.45, 2.75) is 50.6 Å². The van der Waals surface area contributed by atoms with E-state index >= 15 is 0 Å². The second-order valence-electron chi connectivity index (χ2n) is 7.30. The van der Waals surface area contributed by atoms with Crippen molar-refractivity contribution in [1.82, 2.24) is 15.5 Å². The summed E-state index contributed by atoms with van der Waals surface area (Å²) in [6.07, 6.45) is 4.95. The minimum absolute atomic E-state index is 0.0463. The number of nitrogens with one attached hydrogen (secondary N) is 2. The number of para-hydroxylation sites is 1. The van der Waals surface area contributed by atoms with Crippen LogP contribution in [0.25, 0.3) is 0 Å². The van der Waals surface area contributed by atoms with Crippen LogP contribution in [0, 0.1) is 0 Å². The molecule has 1 aliphatic carbocycles. The number of hydrogen-bond acceptors (Lipinski definition) is 5. The average Bonchev–Trinajstić information content (AvgIpc) is 2.66. The molecule has 0 heterocycles. The molecule has 0 saturated heterocycles. The Balaban J connectivity index is 0.00000132. The fourth-order valence-electron chi connectivity index (χ4n) is 3.25. The number of carbonyl (C=O) groups is 3. The summed E-state index contributed by atoms with van der Waals surface area (Å²) in [6, 6.07) is 9.93. The van der Waals surface area contributed by atoms with Crippen molar-refractivity contribution in [1.29, 1.82) is 0 Å². The first-order chi connectivity index (χ1) is 13.9. The summed E-state index contributed by atoms with van der Waals surface area (Å²) in [4.78, 5) is 34.2. The topological polar surface area (TPSA) is 108 Å². The van der Waals surface area contributed by atoms with Gasteiger partial charge in [0.1, 0.15) is 5.75 Å². The smallest absolute Gasteiger partial charge is 0.290 e. The number of ether oxygens (including phenoxy) is 1. The van der Waals surface area contributed by atoms with E-state index in [2.05, 4.69) is 10.6 Å². The molecule has 8 heteroatoms. The Morgan fingerprint density at radius 3 is 2.31 bits per heavy atom. The van der Waals surface area contributed by atoms with Crippen molar-refractivity contribution in [3.8, 4) is 5.75 Å². The standard InChI is InChI=1S/C20H31N3O3.CH2O2/c1-23(2)15-20(25)22-17-9-6-8-16(14-17)21-19(24)12-7-13-26-18-10-4-3-5-11-18;2-1-3/h3-5,10-11,16-17H,6-9,12-15H2,1-2H3,(H,21,24)(H,22,25);1H,(H,2,3)/t16-,17-;/m1./s1. The number of benzene rings is 1. The van der Waals surface area contributed by atoms with E-state index in [0.29, 0.717) is 26.0 Å². The van der Waals surface area contributed by atoms with Gasteiger partial charge in [0.2, 0.25) is 11.8 Å². The number of rotatable bonds is 9. The Labute approximate surface area is 172 Å². The number of amides is 2. The highest BCUT2D eigenvalue weighted by molar-refractivity contribution is 5.78. The van der Waals surface area contributed by atoms with Gasteiger partial charge in [-0.2, -0.15) is 0 Å². The number of hydrogen-bond donors (Lipinski definition) is 3. The molecule has 0 unspecified atom stereocenters. The van der Waals surface area contributed by atoms with Gasteiger partial charge in [0, 0.05) is 18.5 Å². The van der Waals surface area contributed by atoms with Gasteiger partial charge >= 0.3 is 0 Å². The molecule has 8 nitrogen and oxygen atoms in total. The number of carboxylic acid groups (broad SMARTS) is 1. The fourth-order valence-corrected chi connectivity index (χ4v) is 3.25. The van der Waals surface area contributed by atoms with Crippen LogP contribution in [0.1, 0.15) is 38.5 Å². The lowest BCUT2D eigenvalue weighted by Crippen LogP contribution is -2.47. The van der Waals surface area contributed by atoms with Crippen LogP contribution in [0.3, 0.4) is 0 Å². The first-order valence-electron chi connectivity index (χ1n) is 9.93. The molecule has 0 radical (unpaired) electrons. The molecule has 0 spiro atoms. The van der Waals surface area contributed by atoms with Gasteiger partial charge in [0.05, 0.1) is 13.2 Å². The van der Waals surface area contributed by atoms with Crippen LogP contribution in [0.5, 0.6) is 5.75 Å². The third kappa shape index (κ3) is 11.7. The molecule has 0 aliphatic heterocycles. The number of likely N-dealkylation sites (N-methyl/N-ethyl adjacent to an activating group) is 1. The largest absolute Gasteiger partial charge is 0.494 e. The van der Waals surface area contributed by atoms with Gasteiger partial charge < -0.3 is 25.4 Å². The summed E-state index contributed by atoms with van der Waals surface area (Å²) in [5.74, 6) is 0.938. The van der Waals surface area contributed by atoms with E-state index in [-0.39, 0.29) is 30.4 Å². The summed E-state index contributed by atoms with van der Waals surface area (Å²) < 4.78 is 5.61. The van der Waals surface area contributed by atoms with Crippen molar-refractivity contribution in [3.05, 3.63) is 30.3 Å². The molecule has 162 valence electrons. The Morgan fingerprint density at radius 1 is 1.14 bits per heavy atom. The number of nitrogens with zero attached hydrogens (tertiary/aromatic N) is 1. The molecule has 0 bridgehead atoms. The van der Waals surface area contributed by atoms with E-state index in [4.69, 9.17) is 14.6 Å². The van der Waals surface area contributed by atoms with Crippen LogP contribution < -0.4 is 15.4 Å². The van der Waals surface area contributed by atoms with Crippen LogP contribution >= 0.6 is 0 Å². The highest BCUT2D eigenvalue weighted by atomic mass is 16.5. The lowest BCUT2D eigenvalue weighted by atomic mass is 9.90. The van der Waals surface area contributed by atoms with Crippen molar-refractivity contribution in [3.63, 3.8) is 0 Å². The van der Waals surface area contributed by atoms with Crippen LogP contribution in [0.15, 0.2) is 30.3 Å². The normalized spacial score (nSPS) is 18.2. The zero-order valence-electron chi connectivity index (χ0n) is 17.3. The van der Waals surface area contributed by atoms with Gasteiger partial charge in [-0.05, 0) is 58.3 Å². The Morgan fingerprint density at radius 2 is 1.72 bits per heavy atom. The predicted molar refractivity (Wildman–Crippen MR) is 111 cm³/mol. The molecule has 0 aromatic heterocycles. The van der Waals surface area contributed by atoms with Crippen LogP contribution in [-0.4, -0.2) is 67.6 Å². The summed E-state index contributed by atoms with van der Waals surface area (Å²) in [5.41, 5.74) is 0. The summed E-state index contributed by atoms with van der Waals surface area (Å²) in [5, 5.41) is 13.1. The summed E-state index contributed by atoms with van der Waals surface area (Å²) in [6.45, 7) is 0.681. The lowest BCUT2D eigenvalue weighted by Gasteiger charge is -2.30. The molecule has 2 rings (SSSR count). The maximum Gasteiger partial charge on any atom is 0.290 e.